The van der Waals surface area contributed by atoms with Crippen molar-refractivity contribution in [3.8, 4) is 0 Å². The fourth-order valence-corrected chi connectivity index (χ4v) is 2.45. The van der Waals surface area contributed by atoms with Crippen LogP contribution in [0.2, 0.25) is 0 Å². The summed E-state index contributed by atoms with van der Waals surface area (Å²) in [5, 5.41) is 11.5. The molecular weight excluding hydrogens is 278 g/mol. The summed E-state index contributed by atoms with van der Waals surface area (Å²) >= 11 is 0. The second-order valence-electron chi connectivity index (χ2n) is 6.02. The first kappa shape index (κ1) is 21.4. The number of hydrogen-bond donors (Lipinski definition) is 2. The summed E-state index contributed by atoms with van der Waals surface area (Å²) in [7, 11) is 0. The van der Waals surface area contributed by atoms with E-state index in [2.05, 4.69) is 12.2 Å². The number of carbonyl (C=O) groups is 1. The molecule has 0 heterocycles. The molecule has 2 N–H and O–H groups in total. The number of esters is 1. The molecule has 0 aliphatic carbocycles. The molecule has 0 bridgehead atoms. The van der Waals surface area contributed by atoms with Gasteiger partial charge in [-0.3, -0.25) is 10.1 Å². The minimum Gasteiger partial charge on any atom is -0.466 e. The molecule has 0 fully saturated rings. The second kappa shape index (κ2) is 18.4. The van der Waals surface area contributed by atoms with Crippen LogP contribution in [0, 0.1) is 0 Å². The van der Waals surface area contributed by atoms with Crippen LogP contribution in [0.25, 0.3) is 0 Å². The summed E-state index contributed by atoms with van der Waals surface area (Å²) in [6.07, 6.45) is 14.7. The van der Waals surface area contributed by atoms with Gasteiger partial charge in [-0.1, -0.05) is 64.7 Å². The average molecular weight is 315 g/mol. The molecule has 0 saturated carbocycles. The van der Waals surface area contributed by atoms with Crippen molar-refractivity contribution in [3.63, 3.8) is 0 Å². The number of nitrogens with one attached hydrogen (secondary N) is 1. The Hall–Kier alpha value is -0.610. The van der Waals surface area contributed by atoms with Gasteiger partial charge in [0, 0.05) is 6.42 Å². The van der Waals surface area contributed by atoms with Crippen LogP contribution in [-0.2, 0) is 9.53 Å². The molecule has 22 heavy (non-hydrogen) atoms. The zero-order valence-electron chi connectivity index (χ0n) is 14.6. The van der Waals surface area contributed by atoms with Gasteiger partial charge in [0.25, 0.3) is 0 Å². The lowest BCUT2D eigenvalue weighted by molar-refractivity contribution is -0.143. The van der Waals surface area contributed by atoms with Crippen LogP contribution >= 0.6 is 0 Å². The number of aliphatic hydroxyl groups excluding tert-OH is 1. The lowest BCUT2D eigenvalue weighted by Gasteiger charge is -2.05. The molecular formula is C18H37NO3. The topological polar surface area (TPSA) is 58.6 Å². The van der Waals surface area contributed by atoms with E-state index in [9.17, 15) is 4.79 Å². The van der Waals surface area contributed by atoms with E-state index in [0.29, 0.717) is 13.0 Å². The SMILES string of the molecule is CCCCCCCCC(=O)OCCCCCCCCNCO. The fraction of sp³-hybridized carbons (Fsp3) is 0.944. The minimum absolute atomic E-state index is 0.0226. The molecule has 0 amide bonds. The van der Waals surface area contributed by atoms with E-state index in [1.807, 2.05) is 0 Å². The van der Waals surface area contributed by atoms with E-state index < -0.39 is 0 Å². The number of carbonyl (C=O) groups excluding carboxylic acids is 1. The van der Waals surface area contributed by atoms with Gasteiger partial charge in [-0.25, -0.2) is 0 Å². The largest absolute Gasteiger partial charge is 0.466 e. The standard InChI is InChI=1S/C18H37NO3/c1-2-3-4-5-8-11-14-18(21)22-16-13-10-7-6-9-12-15-19-17-20/h19-20H,2-17H2,1H3. The first-order valence-corrected chi connectivity index (χ1v) is 9.28. The Morgan fingerprint density at radius 2 is 1.45 bits per heavy atom. The highest BCUT2D eigenvalue weighted by atomic mass is 16.5. The van der Waals surface area contributed by atoms with Gasteiger partial charge in [0.2, 0.25) is 0 Å². The average Bonchev–Trinajstić information content (AvgIpc) is 2.52. The highest BCUT2D eigenvalue weighted by Gasteiger charge is 2.02. The van der Waals surface area contributed by atoms with Gasteiger partial charge >= 0.3 is 5.97 Å². The number of aliphatic hydroxyl groups is 1. The first-order valence-electron chi connectivity index (χ1n) is 9.28. The summed E-state index contributed by atoms with van der Waals surface area (Å²) < 4.78 is 5.25. The first-order chi connectivity index (χ1) is 10.8. The van der Waals surface area contributed by atoms with Gasteiger partial charge in [0.15, 0.2) is 0 Å². The van der Waals surface area contributed by atoms with Crippen molar-refractivity contribution in [1.82, 2.24) is 5.32 Å². The molecule has 0 aromatic heterocycles. The Labute approximate surface area is 137 Å². The molecule has 0 radical (unpaired) electrons. The molecule has 0 aliphatic heterocycles. The van der Waals surface area contributed by atoms with Gasteiger partial charge < -0.3 is 9.84 Å². The lowest BCUT2D eigenvalue weighted by atomic mass is 10.1. The van der Waals surface area contributed by atoms with Crippen LogP contribution in [0.1, 0.15) is 90.4 Å². The highest BCUT2D eigenvalue weighted by Crippen LogP contribution is 2.08. The maximum atomic E-state index is 11.5. The van der Waals surface area contributed by atoms with Crippen molar-refractivity contribution >= 4 is 5.97 Å². The predicted octanol–water partition coefficient (Wildman–Crippen LogP) is 4.16. The third-order valence-electron chi connectivity index (χ3n) is 3.86. The number of hydrogen-bond acceptors (Lipinski definition) is 4. The van der Waals surface area contributed by atoms with Crippen LogP contribution < -0.4 is 5.32 Å². The smallest absolute Gasteiger partial charge is 0.305 e. The number of rotatable bonds is 17. The highest BCUT2D eigenvalue weighted by molar-refractivity contribution is 5.69. The summed E-state index contributed by atoms with van der Waals surface area (Å²) in [5.41, 5.74) is 0. The molecule has 0 aromatic carbocycles. The number of unbranched alkanes of at least 4 members (excludes halogenated alkanes) is 10. The Morgan fingerprint density at radius 1 is 0.864 bits per heavy atom. The normalized spacial score (nSPS) is 10.8. The Balaban J connectivity index is 3.12. The van der Waals surface area contributed by atoms with Crippen molar-refractivity contribution < 1.29 is 14.6 Å². The van der Waals surface area contributed by atoms with Crippen molar-refractivity contribution in [2.75, 3.05) is 19.9 Å². The minimum atomic E-state index is -0.0226. The molecule has 0 aromatic rings. The molecule has 0 aliphatic rings. The van der Waals surface area contributed by atoms with Gasteiger partial charge in [-0.05, 0) is 25.8 Å². The lowest BCUT2D eigenvalue weighted by Crippen LogP contribution is -2.15. The molecule has 0 spiro atoms. The van der Waals surface area contributed by atoms with Crippen molar-refractivity contribution in [1.29, 1.82) is 0 Å². The van der Waals surface area contributed by atoms with E-state index >= 15 is 0 Å². The van der Waals surface area contributed by atoms with E-state index in [0.717, 1.165) is 38.6 Å². The summed E-state index contributed by atoms with van der Waals surface area (Å²) in [6, 6.07) is 0. The summed E-state index contributed by atoms with van der Waals surface area (Å²) in [5.74, 6) is -0.0226. The fourth-order valence-electron chi connectivity index (χ4n) is 2.45. The van der Waals surface area contributed by atoms with Crippen molar-refractivity contribution in [2.45, 2.75) is 90.4 Å². The predicted molar refractivity (Wildman–Crippen MR) is 91.7 cm³/mol. The zero-order chi connectivity index (χ0) is 16.3. The second-order valence-corrected chi connectivity index (χ2v) is 6.02. The van der Waals surface area contributed by atoms with E-state index in [4.69, 9.17) is 9.84 Å². The van der Waals surface area contributed by atoms with Crippen LogP contribution in [0.5, 0.6) is 0 Å². The van der Waals surface area contributed by atoms with Gasteiger partial charge in [0.05, 0.1) is 13.3 Å². The Kier molecular flexibility index (Phi) is 17.9. The maximum Gasteiger partial charge on any atom is 0.305 e. The van der Waals surface area contributed by atoms with Crippen molar-refractivity contribution in [2.24, 2.45) is 0 Å². The maximum absolute atomic E-state index is 11.5. The molecule has 4 nitrogen and oxygen atoms in total. The van der Waals surface area contributed by atoms with E-state index in [1.165, 1.54) is 44.9 Å². The molecule has 0 saturated heterocycles. The van der Waals surface area contributed by atoms with Gasteiger partial charge in [0.1, 0.15) is 0 Å². The molecule has 132 valence electrons. The quantitative estimate of drug-likeness (QED) is 0.240. The van der Waals surface area contributed by atoms with Gasteiger partial charge in [-0.15, -0.1) is 0 Å². The van der Waals surface area contributed by atoms with E-state index in [1.54, 1.807) is 0 Å². The number of ether oxygens (including phenoxy) is 1. The third-order valence-corrected chi connectivity index (χ3v) is 3.86. The molecule has 0 rings (SSSR count). The third kappa shape index (κ3) is 17.4. The van der Waals surface area contributed by atoms with E-state index in [-0.39, 0.29) is 12.7 Å². The molecule has 0 atom stereocenters. The zero-order valence-corrected chi connectivity index (χ0v) is 14.6. The molecule has 0 unspecified atom stereocenters. The van der Waals surface area contributed by atoms with Gasteiger partial charge in [-0.2, -0.15) is 0 Å². The van der Waals surface area contributed by atoms with Crippen LogP contribution in [0.4, 0.5) is 0 Å². The Morgan fingerprint density at radius 3 is 2.14 bits per heavy atom. The monoisotopic (exact) mass is 315 g/mol. The molecule has 4 heteroatoms. The summed E-state index contributed by atoms with van der Waals surface area (Å²) in [6.45, 7) is 3.77. The van der Waals surface area contributed by atoms with Crippen LogP contribution in [0.15, 0.2) is 0 Å². The summed E-state index contributed by atoms with van der Waals surface area (Å²) in [4.78, 5) is 11.5. The van der Waals surface area contributed by atoms with Crippen LogP contribution in [-0.4, -0.2) is 31.0 Å². The Bertz CT molecular complexity index is 234. The van der Waals surface area contributed by atoms with Crippen LogP contribution in [0.3, 0.4) is 0 Å². The van der Waals surface area contributed by atoms with Crippen molar-refractivity contribution in [3.05, 3.63) is 0 Å².